The lowest BCUT2D eigenvalue weighted by molar-refractivity contribution is 1.54. The van der Waals surface area contributed by atoms with Crippen molar-refractivity contribution in [2.75, 3.05) is 0 Å². The molecule has 2 heterocycles. The molecule has 0 saturated heterocycles. The van der Waals surface area contributed by atoms with Gasteiger partial charge in [0.2, 0.25) is 0 Å². The second kappa shape index (κ2) is 18.4. The van der Waals surface area contributed by atoms with Gasteiger partial charge in [0.15, 0.2) is 0 Å². The maximum absolute atomic E-state index is 5.14. The first-order valence-electron chi connectivity index (χ1n) is 10.7. The third-order valence-corrected chi connectivity index (χ3v) is 6.10. The molecule has 184 valence electrons. The molecule has 0 saturated carbocycles. The van der Waals surface area contributed by atoms with Gasteiger partial charge in [-0.1, -0.05) is 67.0 Å². The van der Waals surface area contributed by atoms with Crippen LogP contribution in [-0.4, -0.2) is 0 Å². The number of rotatable bonds is 3. The van der Waals surface area contributed by atoms with Gasteiger partial charge in [-0.05, 0) is 84.7 Å². The molecule has 0 fully saturated rings. The van der Waals surface area contributed by atoms with E-state index in [1.54, 1.807) is 22.7 Å². The van der Waals surface area contributed by atoms with E-state index in [0.717, 1.165) is 22.3 Å². The van der Waals surface area contributed by atoms with Crippen molar-refractivity contribution >= 4 is 67.6 Å². The van der Waals surface area contributed by atoms with Crippen LogP contribution in [0.15, 0.2) is 96.7 Å². The Bertz CT molecular complexity index is 1220. The van der Waals surface area contributed by atoms with Crippen LogP contribution in [0.3, 0.4) is 0 Å². The summed E-state index contributed by atoms with van der Waals surface area (Å²) in [5.41, 5.74) is 6.27. The third kappa shape index (κ3) is 13.5. The van der Waals surface area contributed by atoms with Crippen LogP contribution in [0.4, 0.5) is 0 Å². The second-order valence-electron chi connectivity index (χ2n) is 7.35. The molecule has 0 aliphatic rings. The van der Waals surface area contributed by atoms with Gasteiger partial charge in [-0.2, -0.15) is 11.3 Å². The summed E-state index contributed by atoms with van der Waals surface area (Å²) in [7, 11) is 7.94. The molecule has 0 bridgehead atoms. The van der Waals surface area contributed by atoms with Crippen LogP contribution in [0.1, 0.15) is 38.9 Å². The minimum absolute atomic E-state index is 0.130. The molecule has 4 aromatic rings. The Morgan fingerprint density at radius 1 is 0.778 bits per heavy atom. The second-order valence-corrected chi connectivity index (χ2v) is 21.1. The molecule has 0 spiro atoms. The minimum atomic E-state index is 0.130. The van der Waals surface area contributed by atoms with Crippen LogP contribution in [-0.2, 0) is 0 Å². The predicted octanol–water partition coefficient (Wildman–Crippen LogP) is 10.4. The fourth-order valence-corrected chi connectivity index (χ4v) is 3.90. The van der Waals surface area contributed by atoms with Crippen molar-refractivity contribution in [2.24, 2.45) is 0 Å². The Hall–Kier alpha value is -1.84. The van der Waals surface area contributed by atoms with Crippen molar-refractivity contribution in [3.63, 3.8) is 0 Å². The molecule has 3 atom stereocenters. The van der Waals surface area contributed by atoms with E-state index in [0.29, 0.717) is 0 Å². The summed E-state index contributed by atoms with van der Waals surface area (Å²) < 4.78 is 0. The molecule has 4 rings (SSSR count). The Balaban J connectivity index is 0.000000286. The highest BCUT2D eigenvalue weighted by Gasteiger charge is 2.04. The van der Waals surface area contributed by atoms with Crippen LogP contribution in [0.2, 0.25) is 0 Å². The summed E-state index contributed by atoms with van der Waals surface area (Å²) in [6, 6.07) is 24.0. The van der Waals surface area contributed by atoms with E-state index in [4.69, 9.17) is 12.8 Å². The van der Waals surface area contributed by atoms with E-state index in [2.05, 4.69) is 95.1 Å². The first-order chi connectivity index (χ1) is 17.2. The molecular formula is C30H32P4S2. The first-order valence-corrected chi connectivity index (χ1v) is 18.7. The average Bonchev–Trinajstić information content (AvgIpc) is 3.59. The highest BCUT2D eigenvalue weighted by atomic mass is 32.7. The molecular weight excluding hydrogens is 548 g/mol. The standard InChI is InChI=1S/C16H16S.C10H6.C4H4S.H6P4/c1-11(2)14-6-8-15(9-7-14)13(4)16-10-5-12(3)17-16;1-3-9-5-7-10(4-2)8-6-9;1-2-4-5-3-1;1-4(2)3/h5-10H,1,4H2,2-3H3;1-2,5-8H;1-4H;1-3H2. The Morgan fingerprint density at radius 3 is 1.53 bits per heavy atom. The first kappa shape index (κ1) is 32.2. The number of thiophene rings is 2. The smallest absolute Gasteiger partial charge is 0.0345 e. The molecule has 0 radical (unpaired) electrons. The Kier molecular flexibility index (Phi) is 16.5. The number of aryl methyl sites for hydroxylation is 1. The molecule has 6 heteroatoms. The number of allylic oxidation sites excluding steroid dienone is 1. The summed E-state index contributed by atoms with van der Waals surface area (Å²) in [5, 5.41) is 4.08. The quantitative estimate of drug-likeness (QED) is 0.167. The monoisotopic (exact) mass is 580 g/mol. The highest BCUT2D eigenvalue weighted by Crippen LogP contribution is 2.59. The lowest BCUT2D eigenvalue weighted by Crippen LogP contribution is -1.84. The van der Waals surface area contributed by atoms with Crippen molar-refractivity contribution in [3.05, 3.63) is 129 Å². The largest absolute Gasteiger partial charge is 0.152 e. The summed E-state index contributed by atoms with van der Waals surface area (Å²) in [4.78, 5) is 2.56. The molecule has 36 heavy (non-hydrogen) atoms. The van der Waals surface area contributed by atoms with Gasteiger partial charge in [0.1, 0.15) is 0 Å². The lowest BCUT2D eigenvalue weighted by Gasteiger charge is -2.05. The molecule has 3 unspecified atom stereocenters. The van der Waals surface area contributed by atoms with Gasteiger partial charge in [0, 0.05) is 20.9 Å². The van der Waals surface area contributed by atoms with Crippen LogP contribution in [0.5, 0.6) is 0 Å². The molecule has 0 amide bonds. The molecule has 2 aromatic heterocycles. The zero-order valence-corrected chi connectivity index (χ0v) is 26.6. The number of hydrogen-bond donors (Lipinski definition) is 0. The van der Waals surface area contributed by atoms with Gasteiger partial charge in [0.25, 0.3) is 0 Å². The van der Waals surface area contributed by atoms with Crippen molar-refractivity contribution in [1.82, 2.24) is 0 Å². The molecule has 0 aliphatic heterocycles. The molecule has 2 aromatic carbocycles. The van der Waals surface area contributed by atoms with E-state index in [9.17, 15) is 0 Å². The zero-order chi connectivity index (χ0) is 26.9. The van der Waals surface area contributed by atoms with Gasteiger partial charge in [-0.15, -0.1) is 51.0 Å². The van der Waals surface area contributed by atoms with E-state index >= 15 is 0 Å². The zero-order valence-electron chi connectivity index (χ0n) is 20.6. The minimum Gasteiger partial charge on any atom is -0.152 e. The Morgan fingerprint density at radius 2 is 1.22 bits per heavy atom. The van der Waals surface area contributed by atoms with Crippen molar-refractivity contribution in [3.8, 4) is 24.7 Å². The number of terminal acetylenes is 2. The molecule has 0 N–H and O–H groups in total. The Labute approximate surface area is 233 Å². The summed E-state index contributed by atoms with van der Waals surface area (Å²) in [6.07, 6.45) is 10.3. The van der Waals surface area contributed by atoms with Gasteiger partial charge < -0.3 is 0 Å². The maximum atomic E-state index is 5.14. The van der Waals surface area contributed by atoms with Crippen molar-refractivity contribution in [1.29, 1.82) is 0 Å². The predicted molar refractivity (Wildman–Crippen MR) is 181 cm³/mol. The molecule has 0 nitrogen and oxygen atoms in total. The van der Waals surface area contributed by atoms with Crippen LogP contribution < -0.4 is 0 Å². The summed E-state index contributed by atoms with van der Waals surface area (Å²) in [5.74, 6) is 5.02. The van der Waals surface area contributed by atoms with Gasteiger partial charge >= 0.3 is 0 Å². The fraction of sp³-hybridized carbons (Fsp3) is 0.0667. The van der Waals surface area contributed by atoms with Gasteiger partial charge in [-0.25, -0.2) is 0 Å². The summed E-state index contributed by atoms with van der Waals surface area (Å²) in [6.45, 7) is 12.4. The van der Waals surface area contributed by atoms with E-state index in [1.807, 2.05) is 54.1 Å². The summed E-state index contributed by atoms with van der Waals surface area (Å²) >= 11 is 3.50. The average molecular weight is 581 g/mol. The number of benzene rings is 2. The lowest BCUT2D eigenvalue weighted by atomic mass is 10.0. The van der Waals surface area contributed by atoms with Crippen LogP contribution in [0, 0.1) is 31.6 Å². The van der Waals surface area contributed by atoms with Gasteiger partial charge in [0.05, 0.1) is 0 Å². The molecule has 0 aliphatic carbocycles. The van der Waals surface area contributed by atoms with Crippen LogP contribution in [0.25, 0.3) is 11.1 Å². The van der Waals surface area contributed by atoms with Gasteiger partial charge in [-0.3, -0.25) is 0 Å². The fourth-order valence-electron chi connectivity index (χ4n) is 2.58. The van der Waals surface area contributed by atoms with E-state index < -0.39 is 0 Å². The normalized spacial score (nSPS) is 9.11. The van der Waals surface area contributed by atoms with Crippen molar-refractivity contribution < 1.29 is 0 Å². The van der Waals surface area contributed by atoms with E-state index in [1.165, 1.54) is 20.9 Å². The van der Waals surface area contributed by atoms with Crippen molar-refractivity contribution in [2.45, 2.75) is 13.8 Å². The maximum Gasteiger partial charge on any atom is 0.0345 e. The highest BCUT2D eigenvalue weighted by molar-refractivity contribution is 8.65. The van der Waals surface area contributed by atoms with Crippen LogP contribution >= 0.6 is 56.4 Å². The number of hydrogen-bond acceptors (Lipinski definition) is 2. The third-order valence-electron chi connectivity index (χ3n) is 4.41. The topological polar surface area (TPSA) is 0 Å². The van der Waals surface area contributed by atoms with E-state index in [-0.39, 0.29) is 6.99 Å². The SMILES string of the molecule is C#Cc1ccc(C#C)cc1.C=C(C)c1ccc(C(=C)c2ccc(C)s2)cc1.PP(P)P.c1ccsc1.